The Kier molecular flexibility index (Phi) is 6.75. The number of urea groups is 1. The van der Waals surface area contributed by atoms with Crippen LogP contribution in [0.3, 0.4) is 0 Å². The number of barbiturate groups is 1. The van der Waals surface area contributed by atoms with Gasteiger partial charge < -0.3 is 14.2 Å². The van der Waals surface area contributed by atoms with Gasteiger partial charge in [0.2, 0.25) is 11.8 Å². The van der Waals surface area contributed by atoms with Crippen LogP contribution in [0, 0.1) is 11.3 Å². The number of hydrogen-bond acceptors (Lipinski definition) is 6. The molecule has 1 aromatic heterocycles. The highest BCUT2D eigenvalue weighted by atomic mass is 16.5. The van der Waals surface area contributed by atoms with Crippen LogP contribution in [0.1, 0.15) is 29.2 Å². The standard InChI is InChI=1S/C31H32N4O5/c1-40-26-12-6-5-10-23(26)15-31(28(37)32-30(39)35(29(31)38)17-21-8-3-2-4-9-21)20-33-16-22-14-24(19-33)25-11-7-13-27(36)34(25)18-22/h2-13,22,24H,14-20H2,1H3,(H,32,37,39)/t22?,24-,31?/m0/s1. The third kappa shape index (κ3) is 4.60. The minimum absolute atomic E-state index is 0.00481. The lowest BCUT2D eigenvalue weighted by atomic mass is 9.75. The lowest BCUT2D eigenvalue weighted by Gasteiger charge is -2.47. The van der Waals surface area contributed by atoms with Gasteiger partial charge in [-0.1, -0.05) is 54.6 Å². The molecule has 4 amide bonds. The largest absolute Gasteiger partial charge is 0.496 e. The molecule has 3 atom stereocenters. The summed E-state index contributed by atoms with van der Waals surface area (Å²) in [4.78, 5) is 57.0. The maximum atomic E-state index is 14.4. The minimum Gasteiger partial charge on any atom is -0.496 e. The van der Waals surface area contributed by atoms with Crippen LogP contribution < -0.4 is 15.6 Å². The van der Waals surface area contributed by atoms with Crippen LogP contribution in [0.25, 0.3) is 0 Å². The molecular formula is C31H32N4O5. The summed E-state index contributed by atoms with van der Waals surface area (Å²) < 4.78 is 7.44. The predicted molar refractivity (Wildman–Crippen MR) is 148 cm³/mol. The van der Waals surface area contributed by atoms with Crippen LogP contribution >= 0.6 is 0 Å². The first-order chi connectivity index (χ1) is 19.4. The summed E-state index contributed by atoms with van der Waals surface area (Å²) in [7, 11) is 1.56. The lowest BCUT2D eigenvalue weighted by Crippen LogP contribution is -2.67. The van der Waals surface area contributed by atoms with Crippen molar-refractivity contribution in [2.75, 3.05) is 26.7 Å². The molecule has 40 heavy (non-hydrogen) atoms. The highest BCUT2D eigenvalue weighted by Crippen LogP contribution is 2.39. The fourth-order valence-electron chi connectivity index (χ4n) is 6.67. The van der Waals surface area contributed by atoms with E-state index in [1.807, 2.05) is 59.2 Å². The van der Waals surface area contributed by atoms with E-state index in [-0.39, 0.29) is 36.9 Å². The van der Waals surface area contributed by atoms with Gasteiger partial charge in [0.05, 0.1) is 13.7 Å². The minimum atomic E-state index is -1.54. The van der Waals surface area contributed by atoms with Crippen molar-refractivity contribution in [3.05, 3.63) is 100.0 Å². The van der Waals surface area contributed by atoms with Crippen LogP contribution in [0.15, 0.2) is 77.6 Å². The van der Waals surface area contributed by atoms with Gasteiger partial charge in [0.15, 0.2) is 0 Å². The van der Waals surface area contributed by atoms with Crippen molar-refractivity contribution in [1.29, 1.82) is 0 Å². The summed E-state index contributed by atoms with van der Waals surface area (Å²) in [5.74, 6) is -0.182. The molecule has 3 aromatic rings. The van der Waals surface area contributed by atoms with Crippen molar-refractivity contribution in [3.63, 3.8) is 0 Å². The van der Waals surface area contributed by atoms with Crippen molar-refractivity contribution in [3.8, 4) is 5.75 Å². The van der Waals surface area contributed by atoms with E-state index in [9.17, 15) is 19.2 Å². The van der Waals surface area contributed by atoms with E-state index in [4.69, 9.17) is 4.74 Å². The number of nitrogens with zero attached hydrogens (tertiary/aromatic N) is 3. The Hall–Kier alpha value is -4.24. The number of carbonyl (C=O) groups excluding carboxylic acids is 3. The molecule has 2 unspecified atom stereocenters. The number of rotatable bonds is 7. The number of benzene rings is 2. The topological polar surface area (TPSA) is 101 Å². The first kappa shape index (κ1) is 26.0. The molecule has 3 aliphatic heterocycles. The zero-order chi connectivity index (χ0) is 27.9. The first-order valence-electron chi connectivity index (χ1n) is 13.6. The highest BCUT2D eigenvalue weighted by molar-refractivity contribution is 6.19. The fraction of sp³-hybridized carbons (Fsp3) is 0.355. The number of carbonyl (C=O) groups is 3. The number of methoxy groups -OCH3 is 1. The molecular weight excluding hydrogens is 508 g/mol. The normalized spacial score (nSPS) is 24.4. The lowest BCUT2D eigenvalue weighted by molar-refractivity contribution is -0.154. The summed E-state index contributed by atoms with van der Waals surface area (Å²) in [6.45, 7) is 2.09. The molecule has 2 aromatic carbocycles. The molecule has 0 saturated carbocycles. The van der Waals surface area contributed by atoms with Gasteiger partial charge in [0, 0.05) is 50.3 Å². The second-order valence-electron chi connectivity index (χ2n) is 11.1. The van der Waals surface area contributed by atoms with Gasteiger partial charge >= 0.3 is 6.03 Å². The third-order valence-corrected chi connectivity index (χ3v) is 8.47. The monoisotopic (exact) mass is 540 g/mol. The zero-order valence-corrected chi connectivity index (χ0v) is 22.4. The van der Waals surface area contributed by atoms with Crippen molar-refractivity contribution >= 4 is 17.8 Å². The summed E-state index contributed by atoms with van der Waals surface area (Å²) in [5.41, 5.74) is 0.967. The molecule has 4 heterocycles. The van der Waals surface area contributed by atoms with Gasteiger partial charge in [0.1, 0.15) is 11.2 Å². The number of ether oxygens (including phenoxy) is 1. The molecule has 0 spiro atoms. The first-order valence-corrected chi connectivity index (χ1v) is 13.6. The summed E-state index contributed by atoms with van der Waals surface area (Å²) in [5, 5.41) is 2.51. The quantitative estimate of drug-likeness (QED) is 0.463. The molecule has 3 aliphatic rings. The maximum Gasteiger partial charge on any atom is 0.331 e. The van der Waals surface area contributed by atoms with Crippen LogP contribution in [-0.4, -0.2) is 59.0 Å². The second-order valence-corrected chi connectivity index (χ2v) is 11.1. The number of likely N-dealkylation sites (tertiary alicyclic amines) is 1. The van der Waals surface area contributed by atoms with E-state index in [2.05, 4.69) is 10.2 Å². The average molecular weight is 541 g/mol. The number of nitrogens with one attached hydrogen (secondary N) is 1. The number of fused-ring (bicyclic) bond motifs is 4. The van der Waals surface area contributed by atoms with Gasteiger partial charge in [-0.15, -0.1) is 0 Å². The smallest absolute Gasteiger partial charge is 0.331 e. The molecule has 9 heteroatoms. The van der Waals surface area contributed by atoms with Crippen molar-refractivity contribution in [1.82, 2.24) is 19.7 Å². The summed E-state index contributed by atoms with van der Waals surface area (Å²) >= 11 is 0. The Bertz CT molecular complexity index is 1520. The Balaban J connectivity index is 1.37. The van der Waals surface area contributed by atoms with Gasteiger partial charge in [-0.05, 0) is 35.6 Å². The molecule has 0 radical (unpaired) electrons. The Morgan fingerprint density at radius 2 is 1.68 bits per heavy atom. The van der Waals surface area contributed by atoms with E-state index in [0.717, 1.165) is 28.1 Å². The van der Waals surface area contributed by atoms with Gasteiger partial charge in [-0.25, -0.2) is 4.79 Å². The number of aromatic nitrogens is 1. The van der Waals surface area contributed by atoms with E-state index in [0.29, 0.717) is 25.4 Å². The molecule has 2 fully saturated rings. The Morgan fingerprint density at radius 1 is 0.900 bits per heavy atom. The SMILES string of the molecule is COc1ccccc1CC1(CN2CC3C[C@@H](C2)c2cccc(=O)n2C3)C(=O)NC(=O)N(Cc2ccccc2)C1=O. The van der Waals surface area contributed by atoms with Crippen LogP contribution in [0.5, 0.6) is 5.75 Å². The molecule has 0 aliphatic carbocycles. The maximum absolute atomic E-state index is 14.4. The predicted octanol–water partition coefficient (Wildman–Crippen LogP) is 2.78. The van der Waals surface area contributed by atoms with Crippen LogP contribution in [0.2, 0.25) is 0 Å². The van der Waals surface area contributed by atoms with Crippen LogP contribution in [-0.2, 0) is 29.1 Å². The fourth-order valence-corrected chi connectivity index (χ4v) is 6.67. The van der Waals surface area contributed by atoms with Crippen molar-refractivity contribution in [2.24, 2.45) is 11.3 Å². The van der Waals surface area contributed by atoms with Crippen molar-refractivity contribution in [2.45, 2.75) is 31.8 Å². The zero-order valence-electron chi connectivity index (χ0n) is 22.4. The second kappa shape index (κ2) is 10.4. The highest BCUT2D eigenvalue weighted by Gasteiger charge is 2.55. The summed E-state index contributed by atoms with van der Waals surface area (Å²) in [6, 6.07) is 21.3. The van der Waals surface area contributed by atoms with Gasteiger partial charge in [-0.3, -0.25) is 24.6 Å². The number of para-hydroxylation sites is 1. The number of amides is 4. The number of imide groups is 2. The molecule has 206 valence electrons. The van der Waals surface area contributed by atoms with Gasteiger partial charge in [0.25, 0.3) is 5.56 Å². The Morgan fingerprint density at radius 3 is 2.48 bits per heavy atom. The number of piperidine rings is 1. The van der Waals surface area contributed by atoms with E-state index in [1.54, 1.807) is 25.3 Å². The number of pyridine rings is 1. The molecule has 1 N–H and O–H groups in total. The van der Waals surface area contributed by atoms with E-state index < -0.39 is 23.3 Å². The van der Waals surface area contributed by atoms with Gasteiger partial charge in [-0.2, -0.15) is 0 Å². The molecule has 9 nitrogen and oxygen atoms in total. The number of hydrogen-bond donors (Lipinski definition) is 1. The average Bonchev–Trinajstić information content (AvgIpc) is 2.95. The van der Waals surface area contributed by atoms with Crippen molar-refractivity contribution < 1.29 is 19.1 Å². The molecule has 6 rings (SSSR count). The molecule has 2 bridgehead atoms. The molecule has 2 saturated heterocycles. The van der Waals surface area contributed by atoms with E-state index in [1.165, 1.54) is 0 Å². The van der Waals surface area contributed by atoms with Crippen LogP contribution in [0.4, 0.5) is 4.79 Å². The van der Waals surface area contributed by atoms with E-state index >= 15 is 0 Å². The Labute approximate surface area is 232 Å². The summed E-state index contributed by atoms with van der Waals surface area (Å²) in [6.07, 6.45) is 1.04. The third-order valence-electron chi connectivity index (χ3n) is 8.47.